The van der Waals surface area contributed by atoms with Crippen LogP contribution in [0.15, 0.2) is 71.5 Å². The predicted octanol–water partition coefficient (Wildman–Crippen LogP) is 4.01. The second-order valence-corrected chi connectivity index (χ2v) is 7.09. The number of ether oxygens (including phenoxy) is 3. The highest BCUT2D eigenvalue weighted by atomic mass is 16.5. The molecule has 0 fully saturated rings. The van der Waals surface area contributed by atoms with Crippen LogP contribution in [-0.2, 0) is 4.79 Å². The van der Waals surface area contributed by atoms with Gasteiger partial charge in [-0.25, -0.2) is 4.98 Å². The zero-order valence-corrected chi connectivity index (χ0v) is 18.3. The summed E-state index contributed by atoms with van der Waals surface area (Å²) >= 11 is 0. The van der Waals surface area contributed by atoms with E-state index in [9.17, 15) is 9.59 Å². The number of aromatic amines is 1. The number of amides is 1. The van der Waals surface area contributed by atoms with E-state index >= 15 is 0 Å². The number of nitrogens with one attached hydrogen (secondary N) is 2. The molecule has 1 amide bonds. The number of hydrogen-bond acceptors (Lipinski definition) is 6. The first-order chi connectivity index (χ1) is 16.1. The number of nitrogens with zero attached hydrogens (tertiary/aromatic N) is 1. The smallest absolute Gasteiger partial charge is 0.262 e. The maximum atomic E-state index is 12.4. The van der Waals surface area contributed by atoms with E-state index in [1.54, 1.807) is 60.7 Å². The van der Waals surface area contributed by atoms with Crippen LogP contribution in [0, 0.1) is 0 Å². The zero-order chi connectivity index (χ0) is 23.2. The molecule has 8 nitrogen and oxygen atoms in total. The fraction of sp³-hybridized carbons (Fsp3) is 0.160. The second-order valence-electron chi connectivity index (χ2n) is 7.09. The molecule has 0 saturated heterocycles. The van der Waals surface area contributed by atoms with Crippen molar-refractivity contribution in [2.75, 3.05) is 25.6 Å². The van der Waals surface area contributed by atoms with E-state index in [-0.39, 0.29) is 18.1 Å². The van der Waals surface area contributed by atoms with Gasteiger partial charge in [-0.1, -0.05) is 12.1 Å². The van der Waals surface area contributed by atoms with Gasteiger partial charge < -0.3 is 24.5 Å². The number of anilines is 1. The molecule has 0 bridgehead atoms. The number of methoxy groups -OCH3 is 1. The number of carbonyl (C=O) groups excluding carboxylic acids is 1. The Morgan fingerprint density at radius 2 is 1.79 bits per heavy atom. The van der Waals surface area contributed by atoms with Crippen molar-refractivity contribution >= 4 is 22.5 Å². The Morgan fingerprint density at radius 1 is 1.00 bits per heavy atom. The molecule has 3 aromatic carbocycles. The number of benzene rings is 3. The van der Waals surface area contributed by atoms with Crippen LogP contribution in [0.5, 0.6) is 17.2 Å². The summed E-state index contributed by atoms with van der Waals surface area (Å²) in [5.41, 5.74) is 1.67. The molecular weight excluding hydrogens is 422 g/mol. The molecule has 4 aromatic rings. The molecule has 0 radical (unpaired) electrons. The minimum absolute atomic E-state index is 0.200. The molecule has 0 atom stereocenters. The summed E-state index contributed by atoms with van der Waals surface area (Å²) in [5, 5.41) is 3.29. The molecular formula is C25H23N3O5. The Bertz CT molecular complexity index is 1330. The quantitative estimate of drug-likeness (QED) is 0.425. The third-order valence-electron chi connectivity index (χ3n) is 4.86. The van der Waals surface area contributed by atoms with Crippen molar-refractivity contribution in [1.29, 1.82) is 0 Å². The van der Waals surface area contributed by atoms with Gasteiger partial charge in [0, 0.05) is 11.3 Å². The largest absolute Gasteiger partial charge is 0.494 e. The van der Waals surface area contributed by atoms with Crippen molar-refractivity contribution in [2.45, 2.75) is 6.92 Å². The molecule has 2 N–H and O–H groups in total. The first-order valence-electron chi connectivity index (χ1n) is 10.4. The molecule has 0 aliphatic rings. The predicted molar refractivity (Wildman–Crippen MR) is 126 cm³/mol. The van der Waals surface area contributed by atoms with Gasteiger partial charge in [0.1, 0.15) is 11.6 Å². The fourth-order valence-corrected chi connectivity index (χ4v) is 3.30. The lowest BCUT2D eigenvalue weighted by Crippen LogP contribution is -2.20. The average molecular weight is 445 g/mol. The number of fused-ring (bicyclic) bond motifs is 1. The van der Waals surface area contributed by atoms with Gasteiger partial charge in [-0.15, -0.1) is 0 Å². The van der Waals surface area contributed by atoms with E-state index in [0.29, 0.717) is 46.1 Å². The number of hydrogen-bond donors (Lipinski definition) is 2. The van der Waals surface area contributed by atoms with Gasteiger partial charge in [0.05, 0.1) is 24.6 Å². The fourth-order valence-electron chi connectivity index (χ4n) is 3.30. The summed E-state index contributed by atoms with van der Waals surface area (Å²) < 4.78 is 16.5. The lowest BCUT2D eigenvalue weighted by molar-refractivity contribution is -0.118. The van der Waals surface area contributed by atoms with Gasteiger partial charge in [0.2, 0.25) is 0 Å². The van der Waals surface area contributed by atoms with E-state index in [0.717, 1.165) is 5.75 Å². The van der Waals surface area contributed by atoms with Crippen molar-refractivity contribution in [2.24, 2.45) is 0 Å². The van der Waals surface area contributed by atoms with Crippen LogP contribution in [0.3, 0.4) is 0 Å². The first-order valence-corrected chi connectivity index (χ1v) is 10.4. The lowest BCUT2D eigenvalue weighted by Gasteiger charge is -2.12. The number of aromatic nitrogens is 2. The average Bonchev–Trinajstić information content (AvgIpc) is 2.84. The minimum Gasteiger partial charge on any atom is -0.494 e. The SMILES string of the molecule is CCOc1ccc(NC(=O)COc2ccc(-c3nc4ccccc4c(=O)[nH]3)cc2OC)cc1. The maximum Gasteiger partial charge on any atom is 0.262 e. The van der Waals surface area contributed by atoms with E-state index in [1.165, 1.54) is 7.11 Å². The second kappa shape index (κ2) is 9.86. The molecule has 168 valence electrons. The lowest BCUT2D eigenvalue weighted by atomic mass is 10.1. The van der Waals surface area contributed by atoms with Crippen molar-refractivity contribution in [1.82, 2.24) is 9.97 Å². The molecule has 0 unspecified atom stereocenters. The highest BCUT2D eigenvalue weighted by Crippen LogP contribution is 2.31. The molecule has 33 heavy (non-hydrogen) atoms. The molecule has 4 rings (SSSR count). The standard InChI is InChI=1S/C25H23N3O5/c1-3-32-18-11-9-17(10-12-18)26-23(29)15-33-21-13-8-16(14-22(21)31-2)24-27-20-7-5-4-6-19(20)25(30)28-24/h4-14H,3,15H2,1-2H3,(H,26,29)(H,27,28,30). The summed E-state index contributed by atoms with van der Waals surface area (Å²) in [4.78, 5) is 32.0. The molecule has 8 heteroatoms. The first kappa shape index (κ1) is 21.9. The van der Waals surface area contributed by atoms with Gasteiger partial charge in [0.15, 0.2) is 18.1 Å². The molecule has 1 heterocycles. The molecule has 0 saturated carbocycles. The summed E-state index contributed by atoms with van der Waals surface area (Å²) in [7, 11) is 1.50. The van der Waals surface area contributed by atoms with Crippen LogP contribution in [0.2, 0.25) is 0 Å². The van der Waals surface area contributed by atoms with Crippen LogP contribution < -0.4 is 25.1 Å². The van der Waals surface area contributed by atoms with Crippen LogP contribution in [0.1, 0.15) is 6.92 Å². The van der Waals surface area contributed by atoms with E-state index in [4.69, 9.17) is 14.2 Å². The van der Waals surface area contributed by atoms with Crippen molar-refractivity contribution < 1.29 is 19.0 Å². The van der Waals surface area contributed by atoms with Gasteiger partial charge in [-0.2, -0.15) is 0 Å². The molecule has 1 aromatic heterocycles. The number of para-hydroxylation sites is 1. The third-order valence-corrected chi connectivity index (χ3v) is 4.86. The zero-order valence-electron chi connectivity index (χ0n) is 18.3. The van der Waals surface area contributed by atoms with Gasteiger partial charge in [-0.3, -0.25) is 9.59 Å². The van der Waals surface area contributed by atoms with Crippen LogP contribution in [0.4, 0.5) is 5.69 Å². The molecule has 0 aliphatic heterocycles. The van der Waals surface area contributed by atoms with E-state index in [2.05, 4.69) is 15.3 Å². The molecule has 0 aliphatic carbocycles. The maximum absolute atomic E-state index is 12.4. The third kappa shape index (κ3) is 5.12. The normalized spacial score (nSPS) is 10.6. The van der Waals surface area contributed by atoms with Crippen LogP contribution in [0.25, 0.3) is 22.3 Å². The number of rotatable bonds is 8. The summed E-state index contributed by atoms with van der Waals surface area (Å²) in [6.07, 6.45) is 0. The van der Waals surface area contributed by atoms with Crippen molar-refractivity contribution in [3.05, 3.63) is 77.1 Å². The monoisotopic (exact) mass is 445 g/mol. The summed E-state index contributed by atoms with van der Waals surface area (Å²) in [6.45, 7) is 2.28. The topological polar surface area (TPSA) is 103 Å². The highest BCUT2D eigenvalue weighted by molar-refractivity contribution is 5.92. The van der Waals surface area contributed by atoms with Gasteiger partial charge in [-0.05, 0) is 61.5 Å². The highest BCUT2D eigenvalue weighted by Gasteiger charge is 2.12. The summed E-state index contributed by atoms with van der Waals surface area (Å²) in [6, 6.07) is 19.3. The Labute approximate surface area is 190 Å². The Hall–Kier alpha value is -4.33. The summed E-state index contributed by atoms with van der Waals surface area (Å²) in [5.74, 6) is 1.64. The van der Waals surface area contributed by atoms with Crippen LogP contribution >= 0.6 is 0 Å². The van der Waals surface area contributed by atoms with Gasteiger partial charge >= 0.3 is 0 Å². The Morgan fingerprint density at radius 3 is 2.55 bits per heavy atom. The number of carbonyl (C=O) groups is 1. The van der Waals surface area contributed by atoms with Crippen molar-refractivity contribution in [3.63, 3.8) is 0 Å². The minimum atomic E-state index is -0.314. The molecule has 0 spiro atoms. The number of H-pyrrole nitrogens is 1. The Balaban J connectivity index is 1.46. The van der Waals surface area contributed by atoms with Crippen LogP contribution in [-0.4, -0.2) is 36.2 Å². The van der Waals surface area contributed by atoms with E-state index in [1.807, 2.05) is 13.0 Å². The Kier molecular flexibility index (Phi) is 6.54. The van der Waals surface area contributed by atoms with Gasteiger partial charge in [0.25, 0.3) is 11.5 Å². The van der Waals surface area contributed by atoms with E-state index < -0.39 is 0 Å². The van der Waals surface area contributed by atoms with Crippen molar-refractivity contribution in [3.8, 4) is 28.6 Å².